The lowest BCUT2D eigenvalue weighted by Gasteiger charge is -2.01. The number of carbonyl (C=O) groups excluding carboxylic acids is 1. The number of hydrogen-bond donors (Lipinski definition) is 1. The monoisotopic (exact) mass is 259 g/mol. The lowest BCUT2D eigenvalue weighted by Crippen LogP contribution is -2.18. The van der Waals surface area contributed by atoms with Gasteiger partial charge in [-0.25, -0.2) is 5.43 Å². The lowest BCUT2D eigenvalue weighted by atomic mass is 10.2. The number of pyridine rings is 1. The number of rotatable bonds is 3. The van der Waals surface area contributed by atoms with E-state index in [0.717, 1.165) is 0 Å². The van der Waals surface area contributed by atoms with Crippen LogP contribution >= 0.6 is 11.6 Å². The van der Waals surface area contributed by atoms with Gasteiger partial charge in [0.05, 0.1) is 22.5 Å². The number of hydrogen-bond acceptors (Lipinski definition) is 3. The number of benzene rings is 1. The number of nitrogens with zero attached hydrogens (tertiary/aromatic N) is 2. The Balaban J connectivity index is 2.01. The molecular weight excluding hydrogens is 250 g/mol. The van der Waals surface area contributed by atoms with E-state index in [1.165, 1.54) is 6.21 Å². The minimum absolute atomic E-state index is 0.354. The fraction of sp³-hybridized carbons (Fsp3) is 0. The maximum absolute atomic E-state index is 11.7. The molecule has 0 fully saturated rings. The van der Waals surface area contributed by atoms with E-state index in [2.05, 4.69) is 15.5 Å². The van der Waals surface area contributed by atoms with E-state index >= 15 is 0 Å². The van der Waals surface area contributed by atoms with Crippen molar-refractivity contribution in [1.82, 2.24) is 10.4 Å². The van der Waals surface area contributed by atoms with E-state index in [1.807, 2.05) is 6.07 Å². The predicted molar refractivity (Wildman–Crippen MR) is 70.7 cm³/mol. The molecule has 0 spiro atoms. The molecule has 90 valence electrons. The number of amides is 1. The average Bonchev–Trinajstić information content (AvgIpc) is 2.40. The standard InChI is InChI=1S/C13H10ClN3O/c14-12-7-2-1-6-11(12)13(18)17-16-9-10-5-3-4-8-15-10/h1-9H,(H,17,18). The second kappa shape index (κ2) is 5.93. The van der Waals surface area contributed by atoms with E-state index < -0.39 is 0 Å². The molecule has 0 bridgehead atoms. The Kier molecular flexibility index (Phi) is 4.04. The Hall–Kier alpha value is -2.20. The fourth-order valence-corrected chi connectivity index (χ4v) is 1.54. The van der Waals surface area contributed by atoms with Crippen molar-refractivity contribution < 1.29 is 4.79 Å². The maximum Gasteiger partial charge on any atom is 0.272 e. The van der Waals surface area contributed by atoms with Gasteiger partial charge in [0, 0.05) is 6.20 Å². The number of carbonyl (C=O) groups is 1. The Morgan fingerprint density at radius 1 is 1.22 bits per heavy atom. The van der Waals surface area contributed by atoms with Crippen LogP contribution in [0.2, 0.25) is 5.02 Å². The summed E-state index contributed by atoms with van der Waals surface area (Å²) in [4.78, 5) is 15.8. The molecule has 0 aliphatic carbocycles. The number of hydrazone groups is 1. The van der Waals surface area contributed by atoms with Crippen LogP contribution in [0.1, 0.15) is 16.1 Å². The van der Waals surface area contributed by atoms with Gasteiger partial charge in [0.1, 0.15) is 0 Å². The molecule has 1 amide bonds. The second-order valence-electron chi connectivity index (χ2n) is 3.43. The highest BCUT2D eigenvalue weighted by Crippen LogP contribution is 2.14. The smallest absolute Gasteiger partial charge is 0.267 e. The van der Waals surface area contributed by atoms with Gasteiger partial charge in [-0.2, -0.15) is 5.10 Å². The normalized spacial score (nSPS) is 10.5. The highest BCUT2D eigenvalue weighted by atomic mass is 35.5. The summed E-state index contributed by atoms with van der Waals surface area (Å²) in [6.07, 6.45) is 3.12. The quantitative estimate of drug-likeness (QED) is 0.680. The van der Waals surface area contributed by atoms with Crippen LogP contribution < -0.4 is 5.43 Å². The van der Waals surface area contributed by atoms with Crippen LogP contribution in [0, 0.1) is 0 Å². The molecule has 0 radical (unpaired) electrons. The van der Waals surface area contributed by atoms with Crippen LogP contribution in [0.15, 0.2) is 53.8 Å². The third-order valence-corrected chi connectivity index (χ3v) is 2.50. The third-order valence-electron chi connectivity index (χ3n) is 2.17. The van der Waals surface area contributed by atoms with Crippen molar-refractivity contribution >= 4 is 23.7 Å². The Labute approximate surface area is 109 Å². The second-order valence-corrected chi connectivity index (χ2v) is 3.84. The maximum atomic E-state index is 11.7. The average molecular weight is 260 g/mol. The molecular formula is C13H10ClN3O. The van der Waals surface area contributed by atoms with Gasteiger partial charge in [0.2, 0.25) is 0 Å². The van der Waals surface area contributed by atoms with Gasteiger partial charge >= 0.3 is 0 Å². The molecule has 0 atom stereocenters. The first kappa shape index (κ1) is 12.3. The zero-order valence-corrected chi connectivity index (χ0v) is 10.1. The van der Waals surface area contributed by atoms with Crippen molar-refractivity contribution in [3.8, 4) is 0 Å². The fourth-order valence-electron chi connectivity index (χ4n) is 1.31. The molecule has 1 aromatic carbocycles. The first-order chi connectivity index (χ1) is 8.77. The van der Waals surface area contributed by atoms with Gasteiger partial charge in [-0.15, -0.1) is 0 Å². The van der Waals surface area contributed by atoms with E-state index in [0.29, 0.717) is 16.3 Å². The molecule has 5 heteroatoms. The van der Waals surface area contributed by atoms with Crippen molar-refractivity contribution in [2.45, 2.75) is 0 Å². The largest absolute Gasteiger partial charge is 0.272 e. The van der Waals surface area contributed by atoms with Crippen LogP contribution in [0.3, 0.4) is 0 Å². The van der Waals surface area contributed by atoms with Crippen LogP contribution in [0.4, 0.5) is 0 Å². The van der Waals surface area contributed by atoms with Crippen LogP contribution in [0.25, 0.3) is 0 Å². The van der Waals surface area contributed by atoms with Crippen molar-refractivity contribution in [2.75, 3.05) is 0 Å². The van der Waals surface area contributed by atoms with Gasteiger partial charge in [0.15, 0.2) is 0 Å². The first-order valence-corrected chi connectivity index (χ1v) is 5.64. The summed E-state index contributed by atoms with van der Waals surface area (Å²) < 4.78 is 0. The highest BCUT2D eigenvalue weighted by Gasteiger charge is 2.07. The molecule has 1 aromatic heterocycles. The number of aromatic nitrogens is 1. The Morgan fingerprint density at radius 2 is 2.00 bits per heavy atom. The van der Waals surface area contributed by atoms with Crippen molar-refractivity contribution in [3.63, 3.8) is 0 Å². The first-order valence-electron chi connectivity index (χ1n) is 5.26. The van der Waals surface area contributed by atoms with Crippen LogP contribution in [-0.4, -0.2) is 17.1 Å². The molecule has 18 heavy (non-hydrogen) atoms. The summed E-state index contributed by atoms with van der Waals surface area (Å²) in [5, 5.41) is 4.21. The lowest BCUT2D eigenvalue weighted by molar-refractivity contribution is 0.0955. The summed E-state index contributed by atoms with van der Waals surface area (Å²) in [5.41, 5.74) is 3.44. The molecule has 0 aliphatic rings. The zero-order valence-electron chi connectivity index (χ0n) is 9.38. The van der Waals surface area contributed by atoms with E-state index in [4.69, 9.17) is 11.6 Å². The Bertz CT molecular complexity index is 569. The van der Waals surface area contributed by atoms with E-state index in [1.54, 1.807) is 42.6 Å². The summed E-state index contributed by atoms with van der Waals surface area (Å²) in [6.45, 7) is 0. The van der Waals surface area contributed by atoms with E-state index in [9.17, 15) is 4.79 Å². The number of nitrogens with one attached hydrogen (secondary N) is 1. The van der Waals surface area contributed by atoms with Gasteiger partial charge in [-0.3, -0.25) is 9.78 Å². The molecule has 0 unspecified atom stereocenters. The number of halogens is 1. The highest BCUT2D eigenvalue weighted by molar-refractivity contribution is 6.33. The van der Waals surface area contributed by atoms with Crippen LogP contribution in [0.5, 0.6) is 0 Å². The third kappa shape index (κ3) is 3.15. The van der Waals surface area contributed by atoms with Gasteiger partial charge in [-0.1, -0.05) is 29.8 Å². The molecule has 1 heterocycles. The van der Waals surface area contributed by atoms with Gasteiger partial charge in [-0.05, 0) is 24.3 Å². The molecule has 4 nitrogen and oxygen atoms in total. The summed E-state index contributed by atoms with van der Waals surface area (Å²) in [5.74, 6) is -0.354. The van der Waals surface area contributed by atoms with Gasteiger partial charge in [0.25, 0.3) is 5.91 Å². The molecule has 0 aliphatic heterocycles. The topological polar surface area (TPSA) is 54.4 Å². The minimum atomic E-state index is -0.354. The SMILES string of the molecule is O=C(NN=Cc1ccccn1)c1ccccc1Cl. The Morgan fingerprint density at radius 3 is 2.72 bits per heavy atom. The van der Waals surface area contributed by atoms with Crippen molar-refractivity contribution in [3.05, 3.63) is 64.9 Å². The molecule has 0 saturated heterocycles. The molecule has 1 N–H and O–H groups in total. The van der Waals surface area contributed by atoms with Gasteiger partial charge < -0.3 is 0 Å². The van der Waals surface area contributed by atoms with E-state index in [-0.39, 0.29) is 5.91 Å². The summed E-state index contributed by atoms with van der Waals surface area (Å²) in [6, 6.07) is 12.2. The van der Waals surface area contributed by atoms with Crippen LogP contribution in [-0.2, 0) is 0 Å². The van der Waals surface area contributed by atoms with Crippen molar-refractivity contribution in [2.24, 2.45) is 5.10 Å². The predicted octanol–water partition coefficient (Wildman–Crippen LogP) is 2.50. The molecule has 2 aromatic rings. The minimum Gasteiger partial charge on any atom is -0.267 e. The summed E-state index contributed by atoms with van der Waals surface area (Å²) in [7, 11) is 0. The van der Waals surface area contributed by atoms with Crippen molar-refractivity contribution in [1.29, 1.82) is 0 Å². The molecule has 2 rings (SSSR count). The zero-order chi connectivity index (χ0) is 12.8. The molecule has 0 saturated carbocycles. The summed E-state index contributed by atoms with van der Waals surface area (Å²) >= 11 is 5.89.